The van der Waals surface area contributed by atoms with Gasteiger partial charge in [-0.15, -0.1) is 0 Å². The van der Waals surface area contributed by atoms with E-state index in [1.165, 1.54) is 4.31 Å². The number of aromatic nitrogens is 1. The number of benzene rings is 2. The molecule has 3 aromatic rings. The minimum atomic E-state index is -3.61. The molecule has 1 aromatic heterocycles. The Morgan fingerprint density at radius 2 is 1.62 bits per heavy atom. The summed E-state index contributed by atoms with van der Waals surface area (Å²) in [5.41, 5.74) is 2.63. The predicted octanol–water partition coefficient (Wildman–Crippen LogP) is 3.33. The van der Waals surface area contributed by atoms with Crippen LogP contribution in [0.15, 0.2) is 71.9 Å². The van der Waals surface area contributed by atoms with Gasteiger partial charge in [-0.25, -0.2) is 8.42 Å². The first-order valence-electron chi connectivity index (χ1n) is 10.7. The van der Waals surface area contributed by atoms with Crippen LogP contribution in [0.5, 0.6) is 5.75 Å². The summed E-state index contributed by atoms with van der Waals surface area (Å²) in [4.78, 5) is 15.0. The van der Waals surface area contributed by atoms with Crippen LogP contribution in [0.1, 0.15) is 22.8 Å². The molecule has 0 radical (unpaired) electrons. The number of amides is 1. The van der Waals surface area contributed by atoms with Crippen LogP contribution in [-0.2, 0) is 10.0 Å². The van der Waals surface area contributed by atoms with Crippen LogP contribution in [0.4, 0.5) is 0 Å². The second-order valence-corrected chi connectivity index (χ2v) is 9.63. The maximum Gasteiger partial charge on any atom is 0.254 e. The number of hydrogen-bond acceptors (Lipinski definition) is 4. The third kappa shape index (κ3) is 4.42. The zero-order chi connectivity index (χ0) is 22.7. The standard InChI is InChI=1S/C24H27N3O4S/c1-3-31-21-8-10-22(11-9-21)32(29,30)27-16-14-26(15-17-27)24(28)20-7-6-19(2)23(18-20)25-12-4-5-13-25/h4-13,18H,3,14-17H2,1-2H3. The fourth-order valence-corrected chi connectivity index (χ4v) is 5.28. The molecule has 32 heavy (non-hydrogen) atoms. The topological polar surface area (TPSA) is 71.9 Å². The molecule has 0 aliphatic carbocycles. The third-order valence-electron chi connectivity index (χ3n) is 5.64. The van der Waals surface area contributed by atoms with Crippen molar-refractivity contribution in [2.45, 2.75) is 18.7 Å². The second-order valence-electron chi connectivity index (χ2n) is 7.69. The van der Waals surface area contributed by atoms with Gasteiger partial charge in [0.15, 0.2) is 0 Å². The van der Waals surface area contributed by atoms with E-state index in [9.17, 15) is 13.2 Å². The summed E-state index contributed by atoms with van der Waals surface area (Å²) in [5.74, 6) is 0.552. The van der Waals surface area contributed by atoms with Crippen LogP contribution in [0, 0.1) is 6.92 Å². The molecule has 1 aliphatic rings. The van der Waals surface area contributed by atoms with E-state index in [-0.39, 0.29) is 23.9 Å². The van der Waals surface area contributed by atoms with Crippen molar-refractivity contribution in [1.29, 1.82) is 0 Å². The van der Waals surface area contributed by atoms with Gasteiger partial charge in [0.05, 0.1) is 11.5 Å². The number of sulfonamides is 1. The molecule has 1 fully saturated rings. The Bertz CT molecular complexity index is 1180. The van der Waals surface area contributed by atoms with Gasteiger partial charge < -0.3 is 14.2 Å². The first kappa shape index (κ1) is 22.1. The third-order valence-corrected chi connectivity index (χ3v) is 7.55. The Morgan fingerprint density at radius 3 is 2.25 bits per heavy atom. The van der Waals surface area contributed by atoms with E-state index < -0.39 is 10.0 Å². The van der Waals surface area contributed by atoms with Gasteiger partial charge in [-0.05, 0) is 67.9 Å². The predicted molar refractivity (Wildman–Crippen MR) is 123 cm³/mol. The van der Waals surface area contributed by atoms with E-state index in [4.69, 9.17) is 4.74 Å². The van der Waals surface area contributed by atoms with Crippen LogP contribution in [0.2, 0.25) is 0 Å². The van der Waals surface area contributed by atoms with Crippen molar-refractivity contribution in [3.05, 3.63) is 78.1 Å². The molecule has 8 heteroatoms. The van der Waals surface area contributed by atoms with Gasteiger partial charge in [0.25, 0.3) is 5.91 Å². The summed E-state index contributed by atoms with van der Waals surface area (Å²) in [6, 6.07) is 16.0. The van der Waals surface area contributed by atoms with Crippen molar-refractivity contribution < 1.29 is 17.9 Å². The molecule has 2 aromatic carbocycles. The number of carbonyl (C=O) groups excluding carboxylic acids is 1. The molecule has 0 unspecified atom stereocenters. The van der Waals surface area contributed by atoms with Gasteiger partial charge in [-0.2, -0.15) is 4.31 Å². The molecule has 0 bridgehead atoms. The highest BCUT2D eigenvalue weighted by Crippen LogP contribution is 2.22. The first-order chi connectivity index (χ1) is 15.4. The molecule has 0 saturated carbocycles. The number of aryl methyl sites for hydroxylation is 1. The fraction of sp³-hybridized carbons (Fsp3) is 0.292. The van der Waals surface area contributed by atoms with E-state index in [1.54, 1.807) is 29.2 Å². The number of ether oxygens (including phenoxy) is 1. The Labute approximate surface area is 188 Å². The van der Waals surface area contributed by atoms with Crippen LogP contribution in [-0.4, -0.2) is 60.9 Å². The lowest BCUT2D eigenvalue weighted by molar-refractivity contribution is 0.0698. The van der Waals surface area contributed by atoms with E-state index in [0.29, 0.717) is 31.0 Å². The lowest BCUT2D eigenvalue weighted by atomic mass is 10.1. The molecule has 4 rings (SSSR count). The molecule has 0 spiro atoms. The minimum Gasteiger partial charge on any atom is -0.494 e. The summed E-state index contributed by atoms with van der Waals surface area (Å²) >= 11 is 0. The lowest BCUT2D eigenvalue weighted by Crippen LogP contribution is -2.50. The molecular weight excluding hydrogens is 426 g/mol. The van der Waals surface area contributed by atoms with Gasteiger partial charge in [0, 0.05) is 49.8 Å². The SMILES string of the molecule is CCOc1ccc(S(=O)(=O)N2CCN(C(=O)c3ccc(C)c(-n4cccc4)c3)CC2)cc1. The van der Waals surface area contributed by atoms with Crippen molar-refractivity contribution in [2.24, 2.45) is 0 Å². The average molecular weight is 454 g/mol. The maximum absolute atomic E-state index is 13.1. The quantitative estimate of drug-likeness (QED) is 0.574. The largest absolute Gasteiger partial charge is 0.494 e. The molecule has 7 nitrogen and oxygen atoms in total. The molecule has 168 valence electrons. The Morgan fingerprint density at radius 1 is 0.969 bits per heavy atom. The van der Waals surface area contributed by atoms with Gasteiger partial charge in [0.2, 0.25) is 10.0 Å². The van der Waals surface area contributed by atoms with Crippen molar-refractivity contribution in [1.82, 2.24) is 13.8 Å². The van der Waals surface area contributed by atoms with Crippen LogP contribution < -0.4 is 4.74 Å². The molecule has 1 aliphatic heterocycles. The van der Waals surface area contributed by atoms with Crippen LogP contribution in [0.3, 0.4) is 0 Å². The summed E-state index contributed by atoms with van der Waals surface area (Å²) in [5, 5.41) is 0. The van der Waals surface area contributed by atoms with Crippen molar-refractivity contribution in [3.63, 3.8) is 0 Å². The molecule has 2 heterocycles. The molecule has 1 saturated heterocycles. The molecule has 1 amide bonds. The zero-order valence-electron chi connectivity index (χ0n) is 18.3. The molecule has 0 N–H and O–H groups in total. The van der Waals surface area contributed by atoms with E-state index >= 15 is 0 Å². The number of carbonyl (C=O) groups is 1. The smallest absolute Gasteiger partial charge is 0.254 e. The number of piperazine rings is 1. The highest BCUT2D eigenvalue weighted by molar-refractivity contribution is 7.89. The maximum atomic E-state index is 13.1. The van der Waals surface area contributed by atoms with Gasteiger partial charge in [-0.3, -0.25) is 4.79 Å². The summed E-state index contributed by atoms with van der Waals surface area (Å²) in [7, 11) is -3.61. The lowest BCUT2D eigenvalue weighted by Gasteiger charge is -2.34. The summed E-state index contributed by atoms with van der Waals surface area (Å²) < 4.78 is 34.8. The van der Waals surface area contributed by atoms with Crippen molar-refractivity contribution >= 4 is 15.9 Å². The summed E-state index contributed by atoms with van der Waals surface area (Å²) in [6.45, 7) is 5.63. The summed E-state index contributed by atoms with van der Waals surface area (Å²) in [6.07, 6.45) is 3.89. The van der Waals surface area contributed by atoms with Crippen molar-refractivity contribution in [2.75, 3.05) is 32.8 Å². The van der Waals surface area contributed by atoms with Crippen LogP contribution >= 0.6 is 0 Å². The zero-order valence-corrected chi connectivity index (χ0v) is 19.1. The van der Waals surface area contributed by atoms with Crippen molar-refractivity contribution in [3.8, 4) is 11.4 Å². The second kappa shape index (κ2) is 9.18. The van der Waals surface area contributed by atoms with Crippen LogP contribution in [0.25, 0.3) is 5.69 Å². The first-order valence-corrected chi connectivity index (χ1v) is 12.1. The van der Waals surface area contributed by atoms with E-state index in [2.05, 4.69) is 0 Å². The van der Waals surface area contributed by atoms with Gasteiger partial charge >= 0.3 is 0 Å². The molecular formula is C24H27N3O4S. The number of rotatable bonds is 6. The highest BCUT2D eigenvalue weighted by Gasteiger charge is 2.30. The Balaban J connectivity index is 1.44. The van der Waals surface area contributed by atoms with Gasteiger partial charge in [0.1, 0.15) is 5.75 Å². The average Bonchev–Trinajstić information content (AvgIpc) is 3.34. The Kier molecular flexibility index (Phi) is 6.34. The monoisotopic (exact) mass is 453 g/mol. The minimum absolute atomic E-state index is 0.0866. The number of nitrogens with zero attached hydrogens (tertiary/aromatic N) is 3. The fourth-order valence-electron chi connectivity index (χ4n) is 3.85. The van der Waals surface area contributed by atoms with E-state index in [0.717, 1.165) is 11.3 Å². The molecule has 0 atom stereocenters. The van der Waals surface area contributed by atoms with Gasteiger partial charge in [-0.1, -0.05) is 6.07 Å². The van der Waals surface area contributed by atoms with E-state index in [1.807, 2.05) is 61.1 Å². The normalized spacial score (nSPS) is 15.0. The Hall–Kier alpha value is -3.10. The highest BCUT2D eigenvalue weighted by atomic mass is 32.2. The number of hydrogen-bond donors (Lipinski definition) is 0.